The van der Waals surface area contributed by atoms with Crippen LogP contribution < -0.4 is 4.90 Å². The summed E-state index contributed by atoms with van der Waals surface area (Å²) in [6.45, 7) is 0.447. The largest absolute Gasteiger partial charge is 0.478 e. The SMILES string of the molecule is O=C(O)c1ccc(F)cc1N1CCCCCC1=O. The standard InChI is InChI=1S/C13H14FNO3/c14-9-5-6-10(13(17)18)11(8-9)15-7-3-1-2-4-12(15)16/h5-6,8H,1-4,7H2,(H,17,18). The summed E-state index contributed by atoms with van der Waals surface area (Å²) in [5, 5.41) is 9.08. The van der Waals surface area contributed by atoms with E-state index < -0.39 is 11.8 Å². The molecule has 0 aromatic heterocycles. The van der Waals surface area contributed by atoms with Gasteiger partial charge in [-0.25, -0.2) is 9.18 Å². The number of carbonyl (C=O) groups is 2. The third-order valence-electron chi connectivity index (χ3n) is 3.05. The number of halogens is 1. The molecule has 1 N–H and O–H groups in total. The average molecular weight is 251 g/mol. The molecule has 5 heteroatoms. The van der Waals surface area contributed by atoms with Gasteiger partial charge in [0.05, 0.1) is 11.3 Å². The molecule has 0 unspecified atom stereocenters. The average Bonchev–Trinajstić information content (AvgIpc) is 2.53. The lowest BCUT2D eigenvalue weighted by Crippen LogP contribution is -2.31. The Bertz CT molecular complexity index is 487. The van der Waals surface area contributed by atoms with Crippen LogP contribution in [0.1, 0.15) is 36.0 Å². The van der Waals surface area contributed by atoms with E-state index in [1.807, 2.05) is 0 Å². The first-order chi connectivity index (χ1) is 8.59. The zero-order valence-electron chi connectivity index (χ0n) is 9.86. The molecule has 1 fully saturated rings. The van der Waals surface area contributed by atoms with Crippen LogP contribution >= 0.6 is 0 Å². The van der Waals surface area contributed by atoms with Gasteiger partial charge in [0.2, 0.25) is 5.91 Å². The molecule has 0 saturated carbocycles. The molecule has 18 heavy (non-hydrogen) atoms. The summed E-state index contributed by atoms with van der Waals surface area (Å²) in [4.78, 5) is 24.4. The fraction of sp³-hybridized carbons (Fsp3) is 0.385. The summed E-state index contributed by atoms with van der Waals surface area (Å²) >= 11 is 0. The molecule has 0 atom stereocenters. The van der Waals surface area contributed by atoms with Crippen molar-refractivity contribution in [2.75, 3.05) is 11.4 Å². The topological polar surface area (TPSA) is 57.6 Å². The molecule has 4 nitrogen and oxygen atoms in total. The Kier molecular flexibility index (Phi) is 3.60. The molecule has 1 amide bonds. The van der Waals surface area contributed by atoms with Gasteiger partial charge in [-0.3, -0.25) is 4.79 Å². The molecule has 2 rings (SSSR count). The summed E-state index contributed by atoms with van der Waals surface area (Å²) in [6, 6.07) is 3.41. The van der Waals surface area contributed by atoms with Crippen molar-refractivity contribution in [1.29, 1.82) is 0 Å². The Morgan fingerprint density at radius 1 is 1.28 bits per heavy atom. The molecule has 0 aliphatic carbocycles. The Balaban J connectivity index is 2.44. The fourth-order valence-electron chi connectivity index (χ4n) is 2.15. The van der Waals surface area contributed by atoms with Gasteiger partial charge in [-0.05, 0) is 31.0 Å². The second kappa shape index (κ2) is 5.16. The maximum Gasteiger partial charge on any atom is 0.337 e. The molecule has 1 aromatic rings. The zero-order valence-corrected chi connectivity index (χ0v) is 9.86. The van der Waals surface area contributed by atoms with Crippen LogP contribution in [-0.2, 0) is 4.79 Å². The Morgan fingerprint density at radius 3 is 2.78 bits per heavy atom. The van der Waals surface area contributed by atoms with E-state index in [1.165, 1.54) is 11.0 Å². The Morgan fingerprint density at radius 2 is 2.06 bits per heavy atom. The van der Waals surface area contributed by atoms with Crippen molar-refractivity contribution < 1.29 is 19.1 Å². The lowest BCUT2D eigenvalue weighted by atomic mass is 10.1. The normalized spacial score (nSPS) is 16.5. The fourth-order valence-corrected chi connectivity index (χ4v) is 2.15. The number of hydrogen-bond acceptors (Lipinski definition) is 2. The van der Waals surface area contributed by atoms with E-state index in [9.17, 15) is 14.0 Å². The van der Waals surface area contributed by atoms with E-state index in [4.69, 9.17) is 5.11 Å². The van der Waals surface area contributed by atoms with Gasteiger partial charge >= 0.3 is 5.97 Å². The van der Waals surface area contributed by atoms with Crippen LogP contribution in [0.4, 0.5) is 10.1 Å². The molecule has 96 valence electrons. The highest BCUT2D eigenvalue weighted by molar-refractivity contribution is 6.02. The third-order valence-corrected chi connectivity index (χ3v) is 3.05. The number of hydrogen-bond donors (Lipinski definition) is 1. The lowest BCUT2D eigenvalue weighted by Gasteiger charge is -2.22. The first-order valence-corrected chi connectivity index (χ1v) is 5.93. The van der Waals surface area contributed by atoms with Crippen LogP contribution in [0, 0.1) is 5.82 Å². The molecule has 0 bridgehead atoms. The number of carboxylic acid groups (broad SMARTS) is 1. The number of amides is 1. The second-order valence-electron chi connectivity index (χ2n) is 4.32. The molecule has 1 heterocycles. The van der Waals surface area contributed by atoms with Gasteiger partial charge in [-0.15, -0.1) is 0 Å². The molecule has 1 aliphatic rings. The summed E-state index contributed by atoms with van der Waals surface area (Å²) in [6.07, 6.45) is 2.92. The van der Waals surface area contributed by atoms with Gasteiger partial charge in [-0.1, -0.05) is 6.42 Å². The van der Waals surface area contributed by atoms with Gasteiger partial charge < -0.3 is 10.0 Å². The monoisotopic (exact) mass is 251 g/mol. The minimum Gasteiger partial charge on any atom is -0.478 e. The van der Waals surface area contributed by atoms with Crippen molar-refractivity contribution in [3.63, 3.8) is 0 Å². The zero-order chi connectivity index (χ0) is 13.1. The highest BCUT2D eigenvalue weighted by Crippen LogP contribution is 2.25. The number of nitrogens with zero attached hydrogens (tertiary/aromatic N) is 1. The third kappa shape index (κ3) is 2.50. The number of benzene rings is 1. The molecule has 1 aliphatic heterocycles. The van der Waals surface area contributed by atoms with E-state index in [2.05, 4.69) is 0 Å². The number of carboxylic acids is 1. The molecule has 1 aromatic carbocycles. The van der Waals surface area contributed by atoms with Crippen molar-refractivity contribution in [2.24, 2.45) is 0 Å². The van der Waals surface area contributed by atoms with E-state index in [0.717, 1.165) is 31.4 Å². The maximum absolute atomic E-state index is 13.3. The summed E-state index contributed by atoms with van der Waals surface area (Å²) in [7, 11) is 0. The highest BCUT2D eigenvalue weighted by Gasteiger charge is 2.23. The lowest BCUT2D eigenvalue weighted by molar-refractivity contribution is -0.118. The number of anilines is 1. The first kappa shape index (κ1) is 12.5. The summed E-state index contributed by atoms with van der Waals surface area (Å²) in [5.41, 5.74) is 0.126. The van der Waals surface area contributed by atoms with Crippen molar-refractivity contribution in [3.05, 3.63) is 29.6 Å². The summed E-state index contributed by atoms with van der Waals surface area (Å²) < 4.78 is 13.3. The maximum atomic E-state index is 13.3. The van der Waals surface area contributed by atoms with Gasteiger partial charge in [-0.2, -0.15) is 0 Å². The smallest absolute Gasteiger partial charge is 0.337 e. The minimum atomic E-state index is -1.15. The molecule has 0 spiro atoms. The van der Waals surface area contributed by atoms with Crippen molar-refractivity contribution in [1.82, 2.24) is 0 Å². The number of aromatic carboxylic acids is 1. The van der Waals surface area contributed by atoms with E-state index in [0.29, 0.717) is 13.0 Å². The van der Waals surface area contributed by atoms with E-state index in [1.54, 1.807) is 0 Å². The van der Waals surface area contributed by atoms with Crippen LogP contribution in [0.25, 0.3) is 0 Å². The van der Waals surface area contributed by atoms with Crippen LogP contribution in [0.15, 0.2) is 18.2 Å². The molecular formula is C13H14FNO3. The number of rotatable bonds is 2. The highest BCUT2D eigenvalue weighted by atomic mass is 19.1. The predicted octanol–water partition coefficient (Wildman–Crippen LogP) is 2.43. The van der Waals surface area contributed by atoms with Crippen molar-refractivity contribution >= 4 is 17.6 Å². The number of carbonyl (C=O) groups excluding carboxylic acids is 1. The molecule has 0 radical (unpaired) electrons. The van der Waals surface area contributed by atoms with Gasteiger partial charge in [0, 0.05) is 13.0 Å². The Labute approximate surface area is 104 Å². The summed E-state index contributed by atoms with van der Waals surface area (Å²) in [5.74, 6) is -1.82. The van der Waals surface area contributed by atoms with Gasteiger partial charge in [0.1, 0.15) is 5.82 Å². The Hall–Kier alpha value is -1.91. The van der Waals surface area contributed by atoms with Crippen LogP contribution in [-0.4, -0.2) is 23.5 Å². The van der Waals surface area contributed by atoms with Gasteiger partial charge in [0.15, 0.2) is 0 Å². The van der Waals surface area contributed by atoms with Gasteiger partial charge in [0.25, 0.3) is 0 Å². The first-order valence-electron chi connectivity index (χ1n) is 5.93. The quantitative estimate of drug-likeness (QED) is 0.878. The van der Waals surface area contributed by atoms with Crippen LogP contribution in [0.3, 0.4) is 0 Å². The molecule has 1 saturated heterocycles. The second-order valence-corrected chi connectivity index (χ2v) is 4.32. The van der Waals surface area contributed by atoms with E-state index in [-0.39, 0.29) is 17.2 Å². The van der Waals surface area contributed by atoms with Crippen molar-refractivity contribution in [2.45, 2.75) is 25.7 Å². The van der Waals surface area contributed by atoms with Crippen LogP contribution in [0.5, 0.6) is 0 Å². The predicted molar refractivity (Wildman–Crippen MR) is 64.2 cm³/mol. The van der Waals surface area contributed by atoms with Crippen LogP contribution in [0.2, 0.25) is 0 Å². The minimum absolute atomic E-state index is 0.0355. The van der Waals surface area contributed by atoms with E-state index >= 15 is 0 Å². The molecular weight excluding hydrogens is 237 g/mol. The van der Waals surface area contributed by atoms with Crippen molar-refractivity contribution in [3.8, 4) is 0 Å².